The highest BCUT2D eigenvalue weighted by atomic mass is 19.1. The summed E-state index contributed by atoms with van der Waals surface area (Å²) in [6.07, 6.45) is -2.34. The number of aromatic nitrogens is 4. The summed E-state index contributed by atoms with van der Waals surface area (Å²) >= 11 is 0. The third kappa shape index (κ3) is 1.90. The van der Waals surface area contributed by atoms with Crippen molar-refractivity contribution in [2.75, 3.05) is 6.61 Å². The maximum atomic E-state index is 14.4. The fourth-order valence-electron chi connectivity index (χ4n) is 2.58. The highest BCUT2D eigenvalue weighted by molar-refractivity contribution is 5.69. The first-order valence-electron chi connectivity index (χ1n) is 6.61. The first-order chi connectivity index (χ1) is 10.4. The number of rotatable bonds is 3. The van der Waals surface area contributed by atoms with E-state index in [2.05, 4.69) is 21.5 Å². The molecule has 1 saturated heterocycles. The van der Waals surface area contributed by atoms with Gasteiger partial charge in [-0.1, -0.05) is 6.08 Å². The van der Waals surface area contributed by atoms with Gasteiger partial charge in [0.1, 0.15) is 17.5 Å². The molecule has 1 aliphatic heterocycles. The Morgan fingerprint density at radius 2 is 2.41 bits per heavy atom. The lowest BCUT2D eigenvalue weighted by Gasteiger charge is -2.25. The van der Waals surface area contributed by atoms with Crippen molar-refractivity contribution >= 4 is 11.2 Å². The van der Waals surface area contributed by atoms with Gasteiger partial charge in [0.15, 0.2) is 23.6 Å². The molecule has 0 amide bonds. The van der Waals surface area contributed by atoms with E-state index in [1.807, 2.05) is 0 Å². The van der Waals surface area contributed by atoms with Crippen molar-refractivity contribution in [3.8, 4) is 0 Å². The topological polar surface area (TPSA) is 113 Å². The Morgan fingerprint density at radius 1 is 1.68 bits per heavy atom. The normalized spacial score (nSPS) is 31.7. The molecule has 0 unspecified atom stereocenters. The Labute approximate surface area is 123 Å². The summed E-state index contributed by atoms with van der Waals surface area (Å²) in [7, 11) is 0. The molecule has 0 radical (unpaired) electrons. The number of hydrogen-bond donors (Lipinski definition) is 3. The number of aromatic amines is 1. The van der Waals surface area contributed by atoms with E-state index in [0.29, 0.717) is 5.82 Å². The van der Waals surface area contributed by atoms with Gasteiger partial charge in [0, 0.05) is 0 Å². The predicted octanol–water partition coefficient (Wildman–Crippen LogP) is -0.427. The summed E-state index contributed by atoms with van der Waals surface area (Å²) in [5.41, 5.74) is -1.89. The Bertz CT molecular complexity index is 788. The molecule has 3 heterocycles. The van der Waals surface area contributed by atoms with E-state index >= 15 is 0 Å². The van der Waals surface area contributed by atoms with Gasteiger partial charge in [-0.3, -0.25) is 9.36 Å². The molecule has 3 rings (SSSR count). The van der Waals surface area contributed by atoms with Crippen LogP contribution in [-0.4, -0.2) is 54.2 Å². The smallest absolute Gasteiger partial charge is 0.279 e. The molecule has 0 aliphatic carbocycles. The molecule has 2 aromatic heterocycles. The molecule has 1 aliphatic rings. The lowest BCUT2D eigenvalue weighted by Crippen LogP contribution is -2.43. The van der Waals surface area contributed by atoms with Crippen LogP contribution >= 0.6 is 0 Å². The number of aliphatic hydroxyl groups excluding tert-OH is 2. The largest absolute Gasteiger partial charge is 0.393 e. The number of alkyl halides is 1. The highest BCUT2D eigenvalue weighted by Gasteiger charge is 2.54. The van der Waals surface area contributed by atoms with E-state index in [0.717, 1.165) is 6.08 Å². The number of nitrogens with zero attached hydrogens (tertiary/aromatic N) is 3. The molecule has 2 aromatic rings. The van der Waals surface area contributed by atoms with Crippen molar-refractivity contribution in [3.63, 3.8) is 0 Å². The van der Waals surface area contributed by atoms with Crippen molar-refractivity contribution in [1.82, 2.24) is 19.5 Å². The zero-order valence-electron chi connectivity index (χ0n) is 11.7. The fourth-order valence-corrected chi connectivity index (χ4v) is 2.58. The highest BCUT2D eigenvalue weighted by Crippen LogP contribution is 2.40. The zero-order chi connectivity index (χ0) is 16.1. The third-order valence-electron chi connectivity index (χ3n) is 3.83. The summed E-state index contributed by atoms with van der Waals surface area (Å²) in [5.74, 6) is 0.338. The molecule has 0 aromatic carbocycles. The van der Waals surface area contributed by atoms with E-state index in [4.69, 9.17) is 4.74 Å². The molecular formula is C13H15FN4O4. The molecule has 22 heavy (non-hydrogen) atoms. The lowest BCUT2D eigenvalue weighted by atomic mass is 9.97. The molecule has 0 bridgehead atoms. The van der Waals surface area contributed by atoms with E-state index in [-0.39, 0.29) is 11.2 Å². The van der Waals surface area contributed by atoms with E-state index < -0.39 is 36.3 Å². The van der Waals surface area contributed by atoms with Gasteiger partial charge >= 0.3 is 0 Å². The van der Waals surface area contributed by atoms with Gasteiger partial charge in [-0.25, -0.2) is 14.4 Å². The van der Waals surface area contributed by atoms with Gasteiger partial charge < -0.3 is 19.9 Å². The van der Waals surface area contributed by atoms with E-state index in [9.17, 15) is 19.4 Å². The average molecular weight is 310 g/mol. The number of imidazole rings is 1. The van der Waals surface area contributed by atoms with E-state index in [1.54, 1.807) is 6.92 Å². The molecule has 8 nitrogen and oxygen atoms in total. The number of ether oxygens (including phenoxy) is 1. The third-order valence-corrected chi connectivity index (χ3v) is 3.83. The maximum Gasteiger partial charge on any atom is 0.279 e. The second-order valence-corrected chi connectivity index (χ2v) is 5.19. The standard InChI is InChI=1S/C13H15FN4O4/c1-3-13(4-19)9(20)7(14)12(22-13)18-5-15-8-10(18)16-6(2)17-11(8)21/h3,5,7,9,12,19-20H,1,4H2,2H3,(H,16,17,21)/t7-,9+,12-,13-/m1/s1. The second-order valence-electron chi connectivity index (χ2n) is 5.19. The molecular weight excluding hydrogens is 295 g/mol. The minimum absolute atomic E-state index is 0.0380. The van der Waals surface area contributed by atoms with Crippen molar-refractivity contribution < 1.29 is 19.3 Å². The van der Waals surface area contributed by atoms with Crippen LogP contribution in [0.3, 0.4) is 0 Å². The van der Waals surface area contributed by atoms with Crippen LogP contribution in [0.25, 0.3) is 11.2 Å². The second kappa shape index (κ2) is 4.97. The van der Waals surface area contributed by atoms with Gasteiger partial charge in [0.25, 0.3) is 5.56 Å². The molecule has 0 spiro atoms. The van der Waals surface area contributed by atoms with Crippen molar-refractivity contribution in [2.45, 2.75) is 31.0 Å². The number of nitrogens with one attached hydrogen (secondary N) is 1. The number of aliphatic hydroxyl groups is 2. The van der Waals surface area contributed by atoms with Crippen LogP contribution in [0.1, 0.15) is 12.1 Å². The first-order valence-corrected chi connectivity index (χ1v) is 6.61. The van der Waals surface area contributed by atoms with Gasteiger partial charge in [-0.2, -0.15) is 0 Å². The van der Waals surface area contributed by atoms with Crippen LogP contribution in [0, 0.1) is 6.92 Å². The van der Waals surface area contributed by atoms with Gasteiger partial charge in [0.2, 0.25) is 0 Å². The van der Waals surface area contributed by atoms with Crippen LogP contribution in [0.4, 0.5) is 4.39 Å². The zero-order valence-corrected chi connectivity index (χ0v) is 11.7. The number of fused-ring (bicyclic) bond motifs is 1. The van der Waals surface area contributed by atoms with Gasteiger partial charge in [-0.05, 0) is 6.92 Å². The predicted molar refractivity (Wildman–Crippen MR) is 73.9 cm³/mol. The van der Waals surface area contributed by atoms with Crippen LogP contribution in [0.2, 0.25) is 0 Å². The molecule has 0 saturated carbocycles. The Hall–Kier alpha value is -2.10. The number of halogens is 1. The maximum absolute atomic E-state index is 14.4. The quantitative estimate of drug-likeness (QED) is 0.663. The molecule has 9 heteroatoms. The first kappa shape index (κ1) is 14.8. The van der Waals surface area contributed by atoms with Crippen molar-refractivity contribution in [1.29, 1.82) is 0 Å². The SMILES string of the molecule is C=C[C@]1(CO)O[C@@H](n2cnc3c(=O)[nH]c(C)nc32)[C@H](F)[C@@H]1O. The lowest BCUT2D eigenvalue weighted by molar-refractivity contribution is -0.0960. The molecule has 3 N–H and O–H groups in total. The molecule has 118 valence electrons. The molecule has 1 fully saturated rings. The van der Waals surface area contributed by atoms with E-state index in [1.165, 1.54) is 10.9 Å². The van der Waals surface area contributed by atoms with Gasteiger partial charge in [0.05, 0.1) is 12.9 Å². The Balaban J connectivity index is 2.13. The van der Waals surface area contributed by atoms with Crippen molar-refractivity contribution in [3.05, 3.63) is 35.2 Å². The van der Waals surface area contributed by atoms with Gasteiger partial charge in [-0.15, -0.1) is 6.58 Å². The Morgan fingerprint density at radius 3 is 3.00 bits per heavy atom. The van der Waals surface area contributed by atoms with Crippen LogP contribution < -0.4 is 5.56 Å². The fraction of sp³-hybridized carbons (Fsp3) is 0.462. The van der Waals surface area contributed by atoms with Crippen molar-refractivity contribution in [2.24, 2.45) is 0 Å². The minimum atomic E-state index is -1.84. The van der Waals surface area contributed by atoms with Crippen LogP contribution in [0.5, 0.6) is 0 Å². The minimum Gasteiger partial charge on any atom is -0.393 e. The van der Waals surface area contributed by atoms with Crippen LogP contribution in [0.15, 0.2) is 23.8 Å². The number of aryl methyl sites for hydroxylation is 1. The summed E-state index contributed by atoms with van der Waals surface area (Å²) in [5, 5.41) is 19.4. The number of H-pyrrole nitrogens is 1. The monoisotopic (exact) mass is 310 g/mol. The Kier molecular flexibility index (Phi) is 3.35. The average Bonchev–Trinajstić information content (AvgIpc) is 3.01. The molecule has 4 atom stereocenters. The summed E-state index contributed by atoms with van der Waals surface area (Å²) in [6, 6.07) is 0. The number of hydrogen-bond acceptors (Lipinski definition) is 6. The van der Waals surface area contributed by atoms with Crippen LogP contribution in [-0.2, 0) is 4.74 Å². The summed E-state index contributed by atoms with van der Waals surface area (Å²) in [6.45, 7) is 4.42. The summed E-state index contributed by atoms with van der Waals surface area (Å²) < 4.78 is 21.2. The summed E-state index contributed by atoms with van der Waals surface area (Å²) in [4.78, 5) is 22.3.